The van der Waals surface area contributed by atoms with Gasteiger partial charge in [0, 0.05) is 13.0 Å². The molecule has 0 aliphatic rings. The van der Waals surface area contributed by atoms with E-state index in [0.717, 1.165) is 0 Å². The molecule has 0 amide bonds. The Balaban J connectivity index is 2.41. The number of rotatable bonds is 11. The molecule has 1 heterocycles. The molecule has 1 aromatic heterocycles. The van der Waals surface area contributed by atoms with E-state index in [-0.39, 0.29) is 0 Å². The van der Waals surface area contributed by atoms with Crippen molar-refractivity contribution < 1.29 is 0 Å². The van der Waals surface area contributed by atoms with Crippen LogP contribution in [0.4, 0.5) is 0 Å². The maximum absolute atomic E-state index is 4.47. The molecule has 0 aromatic carbocycles. The van der Waals surface area contributed by atoms with Gasteiger partial charge in [0.15, 0.2) is 0 Å². The standard InChI is InChI=1S/C16H31N3/c1-4-6-8-10-12-15(13-11-9-7-5-2)16-17-14-18-19(16)3/h14-15H,4-13H2,1-3H3. The van der Waals surface area contributed by atoms with E-state index in [1.165, 1.54) is 70.0 Å². The summed E-state index contributed by atoms with van der Waals surface area (Å²) in [6.07, 6.45) is 15.0. The molecule has 3 heteroatoms. The quantitative estimate of drug-likeness (QED) is 0.536. The second-order valence-electron chi connectivity index (χ2n) is 5.64. The van der Waals surface area contributed by atoms with Crippen LogP contribution in [-0.2, 0) is 7.05 Å². The summed E-state index contributed by atoms with van der Waals surface area (Å²) < 4.78 is 1.96. The van der Waals surface area contributed by atoms with Crippen molar-refractivity contribution in [1.29, 1.82) is 0 Å². The van der Waals surface area contributed by atoms with Crippen LogP contribution < -0.4 is 0 Å². The molecule has 0 saturated carbocycles. The Bertz CT molecular complexity index is 308. The molecule has 0 atom stereocenters. The Kier molecular flexibility index (Phi) is 8.52. The van der Waals surface area contributed by atoms with E-state index in [4.69, 9.17) is 0 Å². The lowest BCUT2D eigenvalue weighted by Gasteiger charge is -2.16. The van der Waals surface area contributed by atoms with Gasteiger partial charge in [-0.2, -0.15) is 5.10 Å². The van der Waals surface area contributed by atoms with Gasteiger partial charge in [0.1, 0.15) is 12.2 Å². The highest BCUT2D eigenvalue weighted by atomic mass is 15.3. The third-order valence-corrected chi connectivity index (χ3v) is 3.92. The third kappa shape index (κ3) is 6.22. The van der Waals surface area contributed by atoms with Crippen molar-refractivity contribution in [2.24, 2.45) is 7.05 Å². The van der Waals surface area contributed by atoms with Gasteiger partial charge in [-0.15, -0.1) is 0 Å². The van der Waals surface area contributed by atoms with Crippen molar-refractivity contribution in [3.63, 3.8) is 0 Å². The minimum atomic E-state index is 0.612. The minimum Gasteiger partial charge on any atom is -0.253 e. The fraction of sp³-hybridized carbons (Fsp3) is 0.875. The summed E-state index contributed by atoms with van der Waals surface area (Å²) in [5, 5.41) is 4.23. The van der Waals surface area contributed by atoms with E-state index in [9.17, 15) is 0 Å². The van der Waals surface area contributed by atoms with Gasteiger partial charge in [0.2, 0.25) is 0 Å². The molecule has 0 bridgehead atoms. The van der Waals surface area contributed by atoms with Crippen LogP contribution in [0.5, 0.6) is 0 Å². The smallest absolute Gasteiger partial charge is 0.138 e. The first kappa shape index (κ1) is 16.2. The van der Waals surface area contributed by atoms with Crippen LogP contribution in [-0.4, -0.2) is 14.8 Å². The van der Waals surface area contributed by atoms with Gasteiger partial charge in [-0.1, -0.05) is 65.2 Å². The first-order valence-electron chi connectivity index (χ1n) is 8.13. The second kappa shape index (κ2) is 9.99. The normalized spacial score (nSPS) is 11.4. The Morgan fingerprint density at radius 1 is 0.947 bits per heavy atom. The largest absolute Gasteiger partial charge is 0.253 e. The van der Waals surface area contributed by atoms with Gasteiger partial charge < -0.3 is 0 Å². The van der Waals surface area contributed by atoms with E-state index >= 15 is 0 Å². The molecule has 0 fully saturated rings. The molecule has 0 radical (unpaired) electrons. The second-order valence-corrected chi connectivity index (χ2v) is 5.64. The highest BCUT2D eigenvalue weighted by molar-refractivity contribution is 4.95. The van der Waals surface area contributed by atoms with Crippen molar-refractivity contribution in [3.05, 3.63) is 12.2 Å². The summed E-state index contributed by atoms with van der Waals surface area (Å²) in [6, 6.07) is 0. The lowest BCUT2D eigenvalue weighted by molar-refractivity contribution is 0.464. The highest BCUT2D eigenvalue weighted by Crippen LogP contribution is 2.26. The van der Waals surface area contributed by atoms with E-state index < -0.39 is 0 Å². The molecule has 0 aliphatic carbocycles. The SMILES string of the molecule is CCCCCCC(CCCCCC)c1ncnn1C. The first-order valence-corrected chi connectivity index (χ1v) is 8.13. The summed E-state index contributed by atoms with van der Waals surface area (Å²) in [5.74, 6) is 1.80. The van der Waals surface area contributed by atoms with E-state index in [1.54, 1.807) is 6.33 Å². The van der Waals surface area contributed by atoms with Crippen LogP contribution in [0.2, 0.25) is 0 Å². The van der Waals surface area contributed by atoms with E-state index in [0.29, 0.717) is 5.92 Å². The van der Waals surface area contributed by atoms with Gasteiger partial charge in [0.05, 0.1) is 0 Å². The van der Waals surface area contributed by atoms with Crippen LogP contribution in [0.1, 0.15) is 89.8 Å². The van der Waals surface area contributed by atoms with E-state index in [1.807, 2.05) is 11.7 Å². The number of aryl methyl sites for hydroxylation is 1. The van der Waals surface area contributed by atoms with Crippen LogP contribution in [0.25, 0.3) is 0 Å². The zero-order chi connectivity index (χ0) is 13.9. The number of aromatic nitrogens is 3. The summed E-state index contributed by atoms with van der Waals surface area (Å²) in [4.78, 5) is 4.47. The summed E-state index contributed by atoms with van der Waals surface area (Å²) in [7, 11) is 2.02. The summed E-state index contributed by atoms with van der Waals surface area (Å²) >= 11 is 0. The molecule has 1 rings (SSSR count). The van der Waals surface area contributed by atoms with Crippen molar-refractivity contribution in [3.8, 4) is 0 Å². The van der Waals surface area contributed by atoms with Gasteiger partial charge in [-0.3, -0.25) is 4.68 Å². The van der Waals surface area contributed by atoms with Gasteiger partial charge >= 0.3 is 0 Å². The minimum absolute atomic E-state index is 0.612. The highest BCUT2D eigenvalue weighted by Gasteiger charge is 2.15. The Morgan fingerprint density at radius 2 is 1.53 bits per heavy atom. The lowest BCUT2D eigenvalue weighted by atomic mass is 9.93. The summed E-state index contributed by atoms with van der Waals surface area (Å²) in [6.45, 7) is 4.54. The Morgan fingerprint density at radius 3 is 1.95 bits per heavy atom. The molecule has 19 heavy (non-hydrogen) atoms. The topological polar surface area (TPSA) is 30.7 Å². The van der Waals surface area contributed by atoms with E-state index in [2.05, 4.69) is 23.9 Å². The van der Waals surface area contributed by atoms with Crippen LogP contribution in [0, 0.1) is 0 Å². The number of nitrogens with zero attached hydrogens (tertiary/aromatic N) is 3. The molecule has 0 aliphatic heterocycles. The maximum atomic E-state index is 4.47. The number of unbranched alkanes of at least 4 members (excludes halogenated alkanes) is 6. The monoisotopic (exact) mass is 265 g/mol. The zero-order valence-corrected chi connectivity index (χ0v) is 13.1. The molecule has 3 nitrogen and oxygen atoms in total. The maximum Gasteiger partial charge on any atom is 0.138 e. The van der Waals surface area contributed by atoms with Crippen molar-refractivity contribution in [2.45, 2.75) is 84.0 Å². The molecule has 0 spiro atoms. The Labute approximate surface area is 118 Å². The molecule has 0 saturated heterocycles. The molecule has 0 N–H and O–H groups in total. The molecular weight excluding hydrogens is 234 g/mol. The van der Waals surface area contributed by atoms with Crippen molar-refractivity contribution in [2.75, 3.05) is 0 Å². The summed E-state index contributed by atoms with van der Waals surface area (Å²) in [5.41, 5.74) is 0. The van der Waals surface area contributed by atoms with Gasteiger partial charge in [-0.05, 0) is 12.8 Å². The fourth-order valence-electron chi connectivity index (χ4n) is 2.71. The molecule has 0 unspecified atom stereocenters. The third-order valence-electron chi connectivity index (χ3n) is 3.92. The van der Waals surface area contributed by atoms with Crippen molar-refractivity contribution >= 4 is 0 Å². The Hall–Kier alpha value is -0.860. The van der Waals surface area contributed by atoms with Crippen molar-refractivity contribution in [1.82, 2.24) is 14.8 Å². The average molecular weight is 265 g/mol. The predicted molar refractivity (Wildman–Crippen MR) is 81.3 cm³/mol. The number of hydrogen-bond donors (Lipinski definition) is 0. The van der Waals surface area contributed by atoms with Crippen LogP contribution in [0.3, 0.4) is 0 Å². The molecular formula is C16H31N3. The molecule has 110 valence electrons. The average Bonchev–Trinajstić information content (AvgIpc) is 2.83. The first-order chi connectivity index (χ1) is 9.29. The zero-order valence-electron chi connectivity index (χ0n) is 13.1. The predicted octanol–water partition coefficient (Wildman–Crippen LogP) is 4.84. The van der Waals surface area contributed by atoms with Gasteiger partial charge in [0.25, 0.3) is 0 Å². The van der Waals surface area contributed by atoms with Crippen LogP contribution in [0.15, 0.2) is 6.33 Å². The fourth-order valence-corrected chi connectivity index (χ4v) is 2.71. The molecule has 1 aromatic rings. The van der Waals surface area contributed by atoms with Crippen LogP contribution >= 0.6 is 0 Å². The lowest BCUT2D eigenvalue weighted by Crippen LogP contribution is -2.08. The number of hydrogen-bond acceptors (Lipinski definition) is 2. The van der Waals surface area contributed by atoms with Gasteiger partial charge in [-0.25, -0.2) is 4.98 Å².